The summed E-state index contributed by atoms with van der Waals surface area (Å²) in [5.74, 6) is -0.302. The number of nitrogens with one attached hydrogen (secondary N) is 3. The number of hydrogen-bond donors (Lipinski definition) is 3. The fourth-order valence-electron chi connectivity index (χ4n) is 3.62. The molecular formula is C25H32N4O4. The lowest BCUT2D eigenvalue weighted by Crippen LogP contribution is -2.35. The zero-order chi connectivity index (χ0) is 23.5. The van der Waals surface area contributed by atoms with E-state index in [1.54, 1.807) is 55.6 Å². The van der Waals surface area contributed by atoms with Gasteiger partial charge in [0.05, 0.1) is 6.54 Å². The fraction of sp³-hybridized carbons (Fsp3) is 0.400. The van der Waals surface area contributed by atoms with E-state index >= 15 is 0 Å². The largest absolute Gasteiger partial charge is 0.385 e. The molecule has 0 unspecified atom stereocenters. The minimum absolute atomic E-state index is 0.0429. The number of rotatable bonds is 10. The zero-order valence-electron chi connectivity index (χ0n) is 19.1. The maximum atomic E-state index is 12.5. The molecule has 0 bridgehead atoms. The molecule has 3 rings (SSSR count). The van der Waals surface area contributed by atoms with Crippen molar-refractivity contribution in [3.8, 4) is 0 Å². The van der Waals surface area contributed by atoms with Crippen molar-refractivity contribution in [2.45, 2.75) is 25.7 Å². The van der Waals surface area contributed by atoms with E-state index in [1.165, 1.54) is 6.42 Å². The first-order valence-electron chi connectivity index (χ1n) is 11.4. The van der Waals surface area contributed by atoms with Gasteiger partial charge in [-0.15, -0.1) is 0 Å². The van der Waals surface area contributed by atoms with Crippen molar-refractivity contribution >= 4 is 29.1 Å². The molecule has 1 saturated heterocycles. The molecule has 8 heteroatoms. The van der Waals surface area contributed by atoms with Crippen molar-refractivity contribution in [1.29, 1.82) is 0 Å². The molecule has 1 aliphatic heterocycles. The highest BCUT2D eigenvalue weighted by Gasteiger charge is 2.18. The molecular weight excluding hydrogens is 420 g/mol. The van der Waals surface area contributed by atoms with Crippen molar-refractivity contribution < 1.29 is 19.1 Å². The monoisotopic (exact) mass is 452 g/mol. The van der Waals surface area contributed by atoms with Gasteiger partial charge in [-0.3, -0.25) is 14.4 Å². The molecule has 0 aromatic heterocycles. The summed E-state index contributed by atoms with van der Waals surface area (Å²) in [5.41, 5.74) is 2.57. The second-order valence-corrected chi connectivity index (χ2v) is 8.01. The highest BCUT2D eigenvalue weighted by molar-refractivity contribution is 5.97. The third-order valence-corrected chi connectivity index (χ3v) is 5.47. The summed E-state index contributed by atoms with van der Waals surface area (Å²) in [6.07, 6.45) is 4.04. The molecule has 176 valence electrons. The molecule has 2 aromatic rings. The number of ether oxygens (including phenoxy) is 1. The van der Waals surface area contributed by atoms with Gasteiger partial charge in [0.15, 0.2) is 0 Å². The Balaban J connectivity index is 1.42. The first-order valence-corrected chi connectivity index (χ1v) is 11.4. The summed E-state index contributed by atoms with van der Waals surface area (Å²) in [4.78, 5) is 38.8. The first-order chi connectivity index (χ1) is 16.1. The zero-order valence-corrected chi connectivity index (χ0v) is 19.1. The van der Waals surface area contributed by atoms with Crippen LogP contribution in [0.2, 0.25) is 0 Å². The quantitative estimate of drug-likeness (QED) is 0.481. The number of anilines is 2. The molecule has 0 aliphatic carbocycles. The van der Waals surface area contributed by atoms with Crippen molar-refractivity contribution in [2.24, 2.45) is 0 Å². The van der Waals surface area contributed by atoms with E-state index in [-0.39, 0.29) is 24.3 Å². The Morgan fingerprint density at radius 2 is 1.52 bits per heavy atom. The maximum absolute atomic E-state index is 12.5. The number of nitrogens with zero attached hydrogens (tertiary/aromatic N) is 1. The SMILES string of the molecule is COCCCNC(=O)c1ccc(NCC(=O)Nc2ccc(C(=O)N3CCCCC3)cc2)cc1. The molecule has 1 heterocycles. The summed E-state index contributed by atoms with van der Waals surface area (Å²) < 4.78 is 4.96. The van der Waals surface area contributed by atoms with Gasteiger partial charge in [0, 0.05) is 55.9 Å². The van der Waals surface area contributed by atoms with Gasteiger partial charge < -0.3 is 25.6 Å². The fourth-order valence-corrected chi connectivity index (χ4v) is 3.62. The van der Waals surface area contributed by atoms with Gasteiger partial charge in [0.25, 0.3) is 11.8 Å². The molecule has 1 fully saturated rings. The van der Waals surface area contributed by atoms with E-state index in [2.05, 4.69) is 16.0 Å². The molecule has 3 N–H and O–H groups in total. The number of amides is 3. The van der Waals surface area contributed by atoms with E-state index in [1.807, 2.05) is 4.90 Å². The van der Waals surface area contributed by atoms with Gasteiger partial charge in [-0.2, -0.15) is 0 Å². The van der Waals surface area contributed by atoms with Crippen LogP contribution in [0, 0.1) is 0 Å². The molecule has 33 heavy (non-hydrogen) atoms. The molecule has 0 atom stereocenters. The average molecular weight is 453 g/mol. The van der Waals surface area contributed by atoms with E-state index in [0.717, 1.165) is 38.0 Å². The van der Waals surface area contributed by atoms with E-state index in [0.29, 0.717) is 30.0 Å². The van der Waals surface area contributed by atoms with Gasteiger partial charge in [-0.25, -0.2) is 0 Å². The van der Waals surface area contributed by atoms with Crippen molar-refractivity contribution in [1.82, 2.24) is 10.2 Å². The summed E-state index contributed by atoms with van der Waals surface area (Å²) in [6, 6.07) is 13.9. The van der Waals surface area contributed by atoms with Crippen LogP contribution in [-0.2, 0) is 9.53 Å². The summed E-state index contributed by atoms with van der Waals surface area (Å²) >= 11 is 0. The molecule has 0 radical (unpaired) electrons. The number of likely N-dealkylation sites (tertiary alicyclic amines) is 1. The molecule has 8 nitrogen and oxygen atoms in total. The van der Waals surface area contributed by atoms with Crippen LogP contribution in [0.3, 0.4) is 0 Å². The molecule has 0 saturated carbocycles. The highest BCUT2D eigenvalue weighted by Crippen LogP contribution is 2.16. The smallest absolute Gasteiger partial charge is 0.253 e. The first kappa shape index (κ1) is 24.3. The number of methoxy groups -OCH3 is 1. The van der Waals surface area contributed by atoms with Crippen LogP contribution in [0.25, 0.3) is 0 Å². The third kappa shape index (κ3) is 7.61. The molecule has 3 amide bonds. The lowest BCUT2D eigenvalue weighted by Gasteiger charge is -2.26. The van der Waals surface area contributed by atoms with Crippen molar-refractivity contribution in [2.75, 3.05) is 50.5 Å². The Labute approximate surface area is 194 Å². The topological polar surface area (TPSA) is 99.8 Å². The second kappa shape index (κ2) is 12.6. The lowest BCUT2D eigenvalue weighted by atomic mass is 10.1. The van der Waals surface area contributed by atoms with Crippen LogP contribution in [0.15, 0.2) is 48.5 Å². The second-order valence-electron chi connectivity index (χ2n) is 8.01. The Morgan fingerprint density at radius 3 is 2.18 bits per heavy atom. The van der Waals surface area contributed by atoms with Gasteiger partial charge in [-0.1, -0.05) is 0 Å². The summed E-state index contributed by atoms with van der Waals surface area (Å²) in [6.45, 7) is 2.86. The minimum atomic E-state index is -0.204. The Morgan fingerprint density at radius 1 is 0.879 bits per heavy atom. The predicted octanol–water partition coefficient (Wildman–Crippen LogP) is 3.13. The van der Waals surface area contributed by atoms with Gasteiger partial charge in [0.1, 0.15) is 0 Å². The minimum Gasteiger partial charge on any atom is -0.385 e. The standard InChI is InChI=1S/C25H32N4O4/c1-33-17-5-14-26-24(31)19-6-10-21(11-7-19)27-18-23(30)28-22-12-8-20(9-13-22)25(32)29-15-3-2-4-16-29/h6-13,27H,2-5,14-18H2,1H3,(H,26,31)(H,28,30). The van der Waals surface area contributed by atoms with Crippen LogP contribution >= 0.6 is 0 Å². The Kier molecular flexibility index (Phi) is 9.26. The van der Waals surface area contributed by atoms with Crippen LogP contribution < -0.4 is 16.0 Å². The van der Waals surface area contributed by atoms with Crippen LogP contribution in [-0.4, -0.2) is 62.5 Å². The van der Waals surface area contributed by atoms with E-state index < -0.39 is 0 Å². The van der Waals surface area contributed by atoms with Crippen LogP contribution in [0.4, 0.5) is 11.4 Å². The molecule has 1 aliphatic rings. The third-order valence-electron chi connectivity index (χ3n) is 5.47. The summed E-state index contributed by atoms with van der Waals surface area (Å²) in [5, 5.41) is 8.70. The van der Waals surface area contributed by atoms with Gasteiger partial charge in [-0.05, 0) is 74.2 Å². The van der Waals surface area contributed by atoms with Crippen LogP contribution in [0.1, 0.15) is 46.4 Å². The normalized spacial score (nSPS) is 13.3. The Hall–Kier alpha value is -3.39. The van der Waals surface area contributed by atoms with Crippen LogP contribution in [0.5, 0.6) is 0 Å². The van der Waals surface area contributed by atoms with Gasteiger partial charge >= 0.3 is 0 Å². The predicted molar refractivity (Wildman–Crippen MR) is 129 cm³/mol. The molecule has 2 aromatic carbocycles. The number of hydrogen-bond acceptors (Lipinski definition) is 5. The number of piperidine rings is 1. The number of benzene rings is 2. The lowest BCUT2D eigenvalue weighted by molar-refractivity contribution is -0.114. The average Bonchev–Trinajstić information content (AvgIpc) is 2.86. The van der Waals surface area contributed by atoms with E-state index in [9.17, 15) is 14.4 Å². The number of carbonyl (C=O) groups excluding carboxylic acids is 3. The number of carbonyl (C=O) groups is 3. The van der Waals surface area contributed by atoms with Crippen molar-refractivity contribution in [3.63, 3.8) is 0 Å². The van der Waals surface area contributed by atoms with E-state index in [4.69, 9.17) is 4.74 Å². The van der Waals surface area contributed by atoms with Gasteiger partial charge in [0.2, 0.25) is 5.91 Å². The highest BCUT2D eigenvalue weighted by atomic mass is 16.5. The maximum Gasteiger partial charge on any atom is 0.253 e. The molecule has 0 spiro atoms. The van der Waals surface area contributed by atoms with Crippen molar-refractivity contribution in [3.05, 3.63) is 59.7 Å². The summed E-state index contributed by atoms with van der Waals surface area (Å²) in [7, 11) is 1.63. The Bertz CT molecular complexity index is 922.